The first-order chi connectivity index (χ1) is 36.1. The molecule has 10 rings (SSSR count). The van der Waals surface area contributed by atoms with E-state index in [2.05, 4.69) is 0 Å². The van der Waals surface area contributed by atoms with E-state index in [1.807, 2.05) is 218 Å². The first-order valence-corrected chi connectivity index (χ1v) is 24.4. The Morgan fingerprint density at radius 3 is 1.07 bits per heavy atom. The van der Waals surface area contributed by atoms with Gasteiger partial charge in [0.25, 0.3) is 0 Å². The third kappa shape index (κ3) is 12.7. The summed E-state index contributed by atoms with van der Waals surface area (Å²) in [5, 5.41) is 0. The van der Waals surface area contributed by atoms with Crippen LogP contribution in [-0.2, 0) is 50.8 Å². The molecule has 9 aromatic rings. The van der Waals surface area contributed by atoms with Gasteiger partial charge in [0, 0.05) is 12.0 Å². The number of esters is 1. The lowest BCUT2D eigenvalue weighted by Gasteiger charge is -2.34. The monoisotopic (exact) mass is 966 g/mol. The van der Waals surface area contributed by atoms with Gasteiger partial charge >= 0.3 is 5.97 Å². The summed E-state index contributed by atoms with van der Waals surface area (Å²) >= 11 is 0. The molecule has 0 radical (unpaired) electrons. The van der Waals surface area contributed by atoms with Gasteiger partial charge in [-0.3, -0.25) is 0 Å². The normalized spacial score (nSPS) is 13.6. The molecule has 9 aromatic carbocycles. The summed E-state index contributed by atoms with van der Waals surface area (Å²) < 4.78 is 53.2. The Morgan fingerprint density at radius 1 is 0.384 bits per heavy atom. The molecule has 73 heavy (non-hydrogen) atoms. The van der Waals surface area contributed by atoms with Gasteiger partial charge < -0.3 is 37.9 Å². The van der Waals surface area contributed by atoms with E-state index in [-0.39, 0.29) is 45.2 Å². The average Bonchev–Trinajstić information content (AvgIpc) is 3.45. The van der Waals surface area contributed by atoms with E-state index in [1.165, 1.54) is 0 Å². The van der Waals surface area contributed by atoms with Crippen LogP contribution in [0.2, 0.25) is 0 Å². The zero-order chi connectivity index (χ0) is 49.4. The lowest BCUT2D eigenvalue weighted by atomic mass is 9.94. The molecule has 0 saturated carbocycles. The molecule has 2 atom stereocenters. The fourth-order valence-corrected chi connectivity index (χ4v) is 8.49. The Balaban J connectivity index is 1.03. The fourth-order valence-electron chi connectivity index (χ4n) is 8.49. The van der Waals surface area contributed by atoms with E-state index < -0.39 is 18.2 Å². The first kappa shape index (κ1) is 47.7. The van der Waals surface area contributed by atoms with Crippen LogP contribution in [0.15, 0.2) is 231 Å². The van der Waals surface area contributed by atoms with Crippen LogP contribution in [0.5, 0.6) is 40.2 Å². The Labute approximate surface area is 426 Å². The predicted molar refractivity (Wildman–Crippen MR) is 280 cm³/mol. The number of carbonyl (C=O) groups is 1. The van der Waals surface area contributed by atoms with Gasteiger partial charge in [0.1, 0.15) is 51.5 Å². The van der Waals surface area contributed by atoms with Crippen molar-refractivity contribution in [1.82, 2.24) is 0 Å². The maximum Gasteiger partial charge on any atom is 0.338 e. The van der Waals surface area contributed by atoms with Crippen molar-refractivity contribution in [3.05, 3.63) is 281 Å². The molecule has 1 aliphatic rings. The maximum absolute atomic E-state index is 15.0. The highest BCUT2D eigenvalue weighted by Gasteiger charge is 2.37. The lowest BCUT2D eigenvalue weighted by Crippen LogP contribution is -2.34. The number of hydrogen-bond acceptors (Lipinski definition) is 9. The molecule has 364 valence electrons. The highest BCUT2D eigenvalue weighted by Crippen LogP contribution is 2.46. The Hall–Kier alpha value is -8.95. The van der Waals surface area contributed by atoms with Gasteiger partial charge in [0.15, 0.2) is 29.1 Å². The van der Waals surface area contributed by atoms with E-state index in [0.717, 1.165) is 38.9 Å². The number of hydrogen-bond donors (Lipinski definition) is 0. The number of benzene rings is 9. The maximum atomic E-state index is 15.0. The van der Waals surface area contributed by atoms with Crippen molar-refractivity contribution in [3.63, 3.8) is 0 Å². The summed E-state index contributed by atoms with van der Waals surface area (Å²) in [5.74, 6) is 2.40. The van der Waals surface area contributed by atoms with E-state index in [1.54, 1.807) is 12.1 Å². The molecule has 0 amide bonds. The van der Waals surface area contributed by atoms with Crippen LogP contribution >= 0.6 is 0 Å². The SMILES string of the molecule is O=C(O[C@@H]1Cc2ccccc2O[C@H]1c1cc(OCc2ccccc2)c(OCc2ccccc2)c(OCc2ccccc2)c1)c1cc(OCc2ccccc2)c(OCc2ccccc2)c(OCc2ccccc2)c1. The van der Waals surface area contributed by atoms with Gasteiger partial charge in [-0.25, -0.2) is 4.79 Å². The van der Waals surface area contributed by atoms with Crippen molar-refractivity contribution in [1.29, 1.82) is 0 Å². The predicted octanol–water partition coefficient (Wildman–Crippen LogP) is 14.1. The van der Waals surface area contributed by atoms with E-state index in [4.69, 9.17) is 37.9 Å². The standard InChI is InChI=1S/C64H54O9/c65-64(54-38-58(68-42-48-25-11-3-12-26-48)63(71-45-51-31-17-6-18-32-51)59(39-54)69-43-49-27-13-4-14-28-49)73-60-35-52-33-19-20-34-55(52)72-61(60)53-36-56(66-40-46-21-7-1-8-22-46)62(70-44-50-29-15-5-16-30-50)57(37-53)67-41-47-23-9-2-10-24-47/h1-34,36-39,60-61H,35,40-45H2/t60-,61+/m1/s1. The van der Waals surface area contributed by atoms with Gasteiger partial charge in [-0.15, -0.1) is 0 Å². The summed E-state index contributed by atoms with van der Waals surface area (Å²) in [6.07, 6.45) is -1.28. The summed E-state index contributed by atoms with van der Waals surface area (Å²) in [6.45, 7) is 1.43. The molecular weight excluding hydrogens is 913 g/mol. The molecule has 0 bridgehead atoms. The molecule has 1 aliphatic heterocycles. The van der Waals surface area contributed by atoms with Gasteiger partial charge in [-0.2, -0.15) is 0 Å². The van der Waals surface area contributed by atoms with E-state index in [9.17, 15) is 4.79 Å². The van der Waals surface area contributed by atoms with Crippen molar-refractivity contribution in [2.45, 2.75) is 58.3 Å². The summed E-state index contributed by atoms with van der Waals surface area (Å²) in [4.78, 5) is 15.0. The average molecular weight is 967 g/mol. The molecule has 0 unspecified atom stereocenters. The second-order valence-electron chi connectivity index (χ2n) is 17.6. The van der Waals surface area contributed by atoms with Crippen molar-refractivity contribution in [3.8, 4) is 40.2 Å². The second-order valence-corrected chi connectivity index (χ2v) is 17.6. The van der Waals surface area contributed by atoms with Crippen LogP contribution < -0.4 is 33.2 Å². The van der Waals surface area contributed by atoms with Crippen LogP contribution in [0.25, 0.3) is 0 Å². The molecule has 0 aliphatic carbocycles. The topological polar surface area (TPSA) is 90.9 Å². The van der Waals surface area contributed by atoms with Crippen molar-refractivity contribution >= 4 is 5.97 Å². The Kier molecular flexibility index (Phi) is 15.5. The van der Waals surface area contributed by atoms with Crippen molar-refractivity contribution in [2.24, 2.45) is 0 Å². The van der Waals surface area contributed by atoms with Crippen LogP contribution in [0.3, 0.4) is 0 Å². The first-order valence-electron chi connectivity index (χ1n) is 24.4. The zero-order valence-electron chi connectivity index (χ0n) is 40.2. The highest BCUT2D eigenvalue weighted by atomic mass is 16.6. The summed E-state index contributed by atoms with van der Waals surface area (Å²) in [5.41, 5.74) is 7.51. The number of para-hydroxylation sites is 1. The number of fused-ring (bicyclic) bond motifs is 1. The minimum atomic E-state index is -0.821. The van der Waals surface area contributed by atoms with Gasteiger partial charge in [0.2, 0.25) is 11.5 Å². The molecule has 0 saturated heterocycles. The Morgan fingerprint density at radius 2 is 0.699 bits per heavy atom. The molecule has 0 aromatic heterocycles. The minimum absolute atomic E-state index is 0.208. The smallest absolute Gasteiger partial charge is 0.338 e. The van der Waals surface area contributed by atoms with E-state index in [0.29, 0.717) is 52.2 Å². The summed E-state index contributed by atoms with van der Waals surface area (Å²) in [7, 11) is 0. The van der Waals surface area contributed by atoms with Crippen LogP contribution in [0.4, 0.5) is 0 Å². The van der Waals surface area contributed by atoms with Crippen LogP contribution in [0, 0.1) is 0 Å². The largest absolute Gasteiger partial charge is 0.485 e. The zero-order valence-corrected chi connectivity index (χ0v) is 40.2. The quantitative estimate of drug-likeness (QED) is 0.0653. The number of carbonyl (C=O) groups excluding carboxylic acids is 1. The molecule has 1 heterocycles. The number of ether oxygens (including phenoxy) is 8. The summed E-state index contributed by atoms with van der Waals surface area (Å²) in [6, 6.07) is 74.3. The fraction of sp³-hybridized carbons (Fsp3) is 0.141. The third-order valence-electron chi connectivity index (χ3n) is 12.3. The lowest BCUT2D eigenvalue weighted by molar-refractivity contribution is -0.0184. The van der Waals surface area contributed by atoms with Gasteiger partial charge in [-0.05, 0) is 69.3 Å². The highest BCUT2D eigenvalue weighted by molar-refractivity contribution is 5.91. The van der Waals surface area contributed by atoms with Crippen molar-refractivity contribution < 1.29 is 42.7 Å². The molecule has 9 nitrogen and oxygen atoms in total. The van der Waals surface area contributed by atoms with Crippen LogP contribution in [-0.4, -0.2) is 12.1 Å². The molecular formula is C64H54O9. The molecule has 0 spiro atoms. The van der Waals surface area contributed by atoms with Crippen molar-refractivity contribution in [2.75, 3.05) is 0 Å². The molecule has 0 fully saturated rings. The third-order valence-corrected chi connectivity index (χ3v) is 12.3. The van der Waals surface area contributed by atoms with Gasteiger partial charge in [-0.1, -0.05) is 200 Å². The molecule has 0 N–H and O–H groups in total. The Bertz CT molecular complexity index is 3040. The second kappa shape index (κ2) is 23.8. The van der Waals surface area contributed by atoms with Gasteiger partial charge in [0.05, 0.1) is 5.56 Å². The van der Waals surface area contributed by atoms with E-state index >= 15 is 0 Å². The molecule has 9 heteroatoms. The van der Waals surface area contributed by atoms with Crippen LogP contribution in [0.1, 0.15) is 61.0 Å². The number of rotatable bonds is 21. The minimum Gasteiger partial charge on any atom is -0.485 e.